The molecule has 0 aliphatic rings. The second-order valence-corrected chi connectivity index (χ2v) is 9.13. The third kappa shape index (κ3) is 9.43. The van der Waals surface area contributed by atoms with Crippen LogP contribution in [0.25, 0.3) is 0 Å². The SMILES string of the molecule is CC(C)(c1ccc(OCCCCl)cc1)c1ccc(OC[C@@H](O)COCCCCOI)cc1. The molecule has 2 rings (SSSR count). The Morgan fingerprint density at radius 1 is 0.812 bits per heavy atom. The van der Waals surface area contributed by atoms with Crippen LogP contribution in [0.1, 0.15) is 44.2 Å². The van der Waals surface area contributed by atoms with Crippen LogP contribution < -0.4 is 9.47 Å². The van der Waals surface area contributed by atoms with E-state index >= 15 is 0 Å². The molecule has 0 aliphatic heterocycles. The number of hydrogen-bond acceptors (Lipinski definition) is 5. The van der Waals surface area contributed by atoms with Gasteiger partial charge in [-0.25, -0.2) is 0 Å². The Bertz CT molecular complexity index is 752. The van der Waals surface area contributed by atoms with E-state index in [1.54, 1.807) is 0 Å². The lowest BCUT2D eigenvalue weighted by atomic mass is 9.78. The van der Waals surface area contributed by atoms with Gasteiger partial charge < -0.3 is 22.4 Å². The van der Waals surface area contributed by atoms with Gasteiger partial charge in [-0.15, -0.1) is 11.6 Å². The fourth-order valence-corrected chi connectivity index (χ4v) is 3.59. The normalized spacial score (nSPS) is 12.5. The number of aliphatic hydroxyl groups is 1. The molecule has 5 nitrogen and oxygen atoms in total. The molecular formula is C25H34ClIO5. The summed E-state index contributed by atoms with van der Waals surface area (Å²) in [7, 11) is 0. The second kappa shape index (κ2) is 15.0. The Labute approximate surface area is 211 Å². The summed E-state index contributed by atoms with van der Waals surface area (Å²) >= 11 is 7.58. The summed E-state index contributed by atoms with van der Waals surface area (Å²) in [5, 5.41) is 10.0. The lowest BCUT2D eigenvalue weighted by Crippen LogP contribution is -2.24. The van der Waals surface area contributed by atoms with Crippen molar-refractivity contribution in [2.24, 2.45) is 0 Å². The number of benzene rings is 2. The van der Waals surface area contributed by atoms with Gasteiger partial charge in [-0.1, -0.05) is 38.1 Å². The van der Waals surface area contributed by atoms with Crippen molar-refractivity contribution in [2.75, 3.05) is 38.9 Å². The predicted octanol–water partition coefficient (Wildman–Crippen LogP) is 5.92. The fourth-order valence-electron chi connectivity index (χ4n) is 3.17. The van der Waals surface area contributed by atoms with E-state index in [9.17, 15) is 5.11 Å². The summed E-state index contributed by atoms with van der Waals surface area (Å²) in [6, 6.07) is 16.2. The third-order valence-corrected chi connectivity index (χ3v) is 5.92. The number of aliphatic hydroxyl groups excluding tert-OH is 1. The van der Waals surface area contributed by atoms with Crippen LogP contribution in [0.5, 0.6) is 11.5 Å². The molecule has 0 radical (unpaired) electrons. The van der Waals surface area contributed by atoms with E-state index in [4.69, 9.17) is 28.9 Å². The molecule has 0 heterocycles. The monoisotopic (exact) mass is 576 g/mol. The summed E-state index contributed by atoms with van der Waals surface area (Å²) < 4.78 is 21.9. The molecule has 0 bridgehead atoms. The van der Waals surface area contributed by atoms with Crippen LogP contribution in [0.15, 0.2) is 48.5 Å². The Balaban J connectivity index is 1.81. The van der Waals surface area contributed by atoms with Crippen molar-refractivity contribution < 1.29 is 22.4 Å². The number of rotatable bonds is 16. The zero-order valence-electron chi connectivity index (χ0n) is 18.9. The standard InChI is InChI=1S/C25H34ClIO5/c1-25(2,20-6-10-23(11-7-20)30-16-5-14-26)21-8-12-24(13-9-21)31-19-22(28)18-29-15-3-4-17-32-27/h6-13,22,28H,3-5,14-19H2,1-2H3/t22-/m0/s1. The van der Waals surface area contributed by atoms with Crippen molar-refractivity contribution in [3.63, 3.8) is 0 Å². The molecule has 2 aromatic carbocycles. The minimum atomic E-state index is -0.655. The molecule has 0 fully saturated rings. The maximum Gasteiger partial charge on any atom is 0.119 e. The summed E-state index contributed by atoms with van der Waals surface area (Å²) in [6.45, 7) is 6.81. The topological polar surface area (TPSA) is 57.2 Å². The van der Waals surface area contributed by atoms with E-state index in [1.165, 1.54) is 11.1 Å². The number of alkyl halides is 1. The molecule has 0 aromatic heterocycles. The first-order valence-electron chi connectivity index (χ1n) is 11.0. The van der Waals surface area contributed by atoms with Crippen molar-refractivity contribution in [2.45, 2.75) is 44.6 Å². The number of halogens is 2. The van der Waals surface area contributed by atoms with Gasteiger partial charge in [0.05, 0.1) is 19.8 Å². The molecule has 1 N–H and O–H groups in total. The van der Waals surface area contributed by atoms with Crippen LogP contribution in [-0.2, 0) is 13.2 Å². The van der Waals surface area contributed by atoms with Crippen LogP contribution in [0.4, 0.5) is 0 Å². The van der Waals surface area contributed by atoms with Crippen molar-refractivity contribution >= 4 is 34.6 Å². The number of hydrogen-bond donors (Lipinski definition) is 1. The predicted molar refractivity (Wildman–Crippen MR) is 137 cm³/mol. The van der Waals surface area contributed by atoms with Gasteiger partial charge in [0, 0.05) is 17.9 Å². The highest BCUT2D eigenvalue weighted by atomic mass is 127. The van der Waals surface area contributed by atoms with Crippen LogP contribution in [0.2, 0.25) is 0 Å². The molecule has 32 heavy (non-hydrogen) atoms. The van der Waals surface area contributed by atoms with Gasteiger partial charge in [0.25, 0.3) is 0 Å². The molecular weight excluding hydrogens is 543 g/mol. The Hall–Kier alpha value is -1.06. The Morgan fingerprint density at radius 2 is 1.38 bits per heavy atom. The average Bonchev–Trinajstić information content (AvgIpc) is 2.81. The molecule has 1 atom stereocenters. The van der Waals surface area contributed by atoms with Crippen LogP contribution in [0.3, 0.4) is 0 Å². The van der Waals surface area contributed by atoms with Gasteiger partial charge in [-0.2, -0.15) is 0 Å². The highest BCUT2D eigenvalue weighted by Crippen LogP contribution is 2.33. The van der Waals surface area contributed by atoms with Crippen LogP contribution in [0, 0.1) is 0 Å². The van der Waals surface area contributed by atoms with E-state index in [2.05, 4.69) is 38.1 Å². The van der Waals surface area contributed by atoms with Gasteiger partial charge in [0.2, 0.25) is 0 Å². The molecule has 0 unspecified atom stereocenters. The highest BCUT2D eigenvalue weighted by molar-refractivity contribution is 14.1. The lowest BCUT2D eigenvalue weighted by molar-refractivity contribution is 0.0107. The fraction of sp³-hybridized carbons (Fsp3) is 0.520. The lowest BCUT2D eigenvalue weighted by Gasteiger charge is -2.26. The van der Waals surface area contributed by atoms with Crippen LogP contribution in [-0.4, -0.2) is 50.1 Å². The van der Waals surface area contributed by atoms with Crippen molar-refractivity contribution in [3.8, 4) is 11.5 Å². The number of unbranched alkanes of at least 4 members (excludes halogenated alkanes) is 1. The minimum Gasteiger partial charge on any atom is -0.494 e. The second-order valence-electron chi connectivity index (χ2n) is 8.12. The maximum absolute atomic E-state index is 10.0. The van der Waals surface area contributed by atoms with E-state index in [0.29, 0.717) is 19.1 Å². The zero-order valence-corrected chi connectivity index (χ0v) is 21.8. The van der Waals surface area contributed by atoms with Gasteiger partial charge >= 0.3 is 0 Å². The van der Waals surface area contributed by atoms with E-state index in [0.717, 1.165) is 37.4 Å². The number of ether oxygens (including phenoxy) is 3. The maximum atomic E-state index is 10.0. The van der Waals surface area contributed by atoms with Crippen molar-refractivity contribution in [3.05, 3.63) is 59.7 Å². The highest BCUT2D eigenvalue weighted by Gasteiger charge is 2.23. The van der Waals surface area contributed by atoms with E-state index in [1.807, 2.05) is 47.3 Å². The third-order valence-electron chi connectivity index (χ3n) is 5.21. The zero-order chi connectivity index (χ0) is 23.2. The summed E-state index contributed by atoms with van der Waals surface area (Å²) in [5.74, 6) is 2.19. The van der Waals surface area contributed by atoms with Gasteiger partial charge in [-0.05, 0) is 54.7 Å². The molecule has 7 heteroatoms. The van der Waals surface area contributed by atoms with Gasteiger partial charge in [0.15, 0.2) is 0 Å². The van der Waals surface area contributed by atoms with Crippen LogP contribution >= 0.6 is 34.6 Å². The van der Waals surface area contributed by atoms with Crippen molar-refractivity contribution in [1.29, 1.82) is 0 Å². The molecule has 0 spiro atoms. The Kier molecular flexibility index (Phi) is 12.7. The largest absolute Gasteiger partial charge is 0.494 e. The molecule has 0 saturated carbocycles. The van der Waals surface area contributed by atoms with E-state index in [-0.39, 0.29) is 18.6 Å². The van der Waals surface area contributed by atoms with Gasteiger partial charge in [0.1, 0.15) is 47.2 Å². The van der Waals surface area contributed by atoms with E-state index < -0.39 is 6.10 Å². The van der Waals surface area contributed by atoms with Crippen molar-refractivity contribution in [1.82, 2.24) is 0 Å². The molecule has 0 aliphatic carbocycles. The first kappa shape index (κ1) is 27.2. The quantitative estimate of drug-likeness (QED) is 0.153. The molecule has 0 amide bonds. The molecule has 2 aromatic rings. The average molecular weight is 577 g/mol. The first-order valence-corrected chi connectivity index (χ1v) is 12.4. The first-order chi connectivity index (χ1) is 15.5. The Morgan fingerprint density at radius 3 is 1.94 bits per heavy atom. The summed E-state index contributed by atoms with van der Waals surface area (Å²) in [5.41, 5.74) is 2.22. The molecule has 0 saturated heterocycles. The smallest absolute Gasteiger partial charge is 0.119 e. The summed E-state index contributed by atoms with van der Waals surface area (Å²) in [4.78, 5) is 0. The van der Waals surface area contributed by atoms with Gasteiger partial charge in [-0.3, -0.25) is 0 Å². The summed E-state index contributed by atoms with van der Waals surface area (Å²) in [6.07, 6.45) is 2.04. The molecule has 178 valence electrons. The minimum absolute atomic E-state index is 0.164.